The molecule has 0 aliphatic rings. The topological polar surface area (TPSA) is 83.5 Å². The summed E-state index contributed by atoms with van der Waals surface area (Å²) in [4.78, 5) is 10.2. The first-order valence-electron chi connectivity index (χ1n) is 5.82. The van der Waals surface area contributed by atoms with Gasteiger partial charge in [-0.2, -0.15) is 0 Å². The van der Waals surface area contributed by atoms with Crippen molar-refractivity contribution in [2.75, 3.05) is 12.3 Å². The summed E-state index contributed by atoms with van der Waals surface area (Å²) in [5, 5.41) is 8.37. The Labute approximate surface area is 113 Å². The van der Waals surface area contributed by atoms with Crippen LogP contribution in [0.25, 0.3) is 0 Å². The molecule has 19 heavy (non-hydrogen) atoms. The quantitative estimate of drug-likeness (QED) is 0.740. The summed E-state index contributed by atoms with van der Waals surface area (Å²) in [6.07, 6.45) is 2.16. The Balaban J connectivity index is 2.53. The van der Waals surface area contributed by atoms with Gasteiger partial charge in [-0.1, -0.05) is 43.3 Å². The van der Waals surface area contributed by atoms with Crippen LogP contribution in [0.4, 0.5) is 0 Å². The molecule has 5 nitrogen and oxygen atoms in total. The monoisotopic (exact) mass is 283 g/mol. The van der Waals surface area contributed by atoms with Crippen LogP contribution in [-0.4, -0.2) is 31.8 Å². The third-order valence-corrected chi connectivity index (χ3v) is 4.06. The number of carbonyl (C=O) groups is 1. The van der Waals surface area contributed by atoms with Crippen LogP contribution in [-0.2, 0) is 14.8 Å². The highest BCUT2D eigenvalue weighted by Gasteiger charge is 2.15. The maximum Gasteiger partial charge on any atom is 0.328 e. The summed E-state index contributed by atoms with van der Waals surface area (Å²) < 4.78 is 25.9. The number of carboxylic acid groups (broad SMARTS) is 1. The molecule has 0 aromatic heterocycles. The third-order valence-electron chi connectivity index (χ3n) is 2.52. The first kappa shape index (κ1) is 15.4. The zero-order chi connectivity index (χ0) is 14.3. The second kappa shape index (κ2) is 7.06. The highest BCUT2D eigenvalue weighted by atomic mass is 32.2. The van der Waals surface area contributed by atoms with Gasteiger partial charge < -0.3 is 5.11 Å². The van der Waals surface area contributed by atoms with Crippen molar-refractivity contribution in [3.8, 4) is 0 Å². The predicted octanol–water partition coefficient (Wildman–Crippen LogP) is 1.35. The number of rotatable bonds is 7. The standard InChI is InChI=1S/C13H17NO4S/c1-11(12-6-3-2-4-7-12)10-19(17,18)14-9-5-8-13(15)16/h2-8,11,14H,9-10H2,1H3,(H,15,16)/b8-5+. The number of nitrogens with one attached hydrogen (secondary N) is 1. The molecule has 0 saturated carbocycles. The molecule has 6 heteroatoms. The van der Waals surface area contributed by atoms with E-state index in [0.29, 0.717) is 0 Å². The minimum atomic E-state index is -3.42. The van der Waals surface area contributed by atoms with Gasteiger partial charge in [0.05, 0.1) is 5.75 Å². The molecule has 0 spiro atoms. The molecule has 2 N–H and O–H groups in total. The van der Waals surface area contributed by atoms with E-state index in [1.807, 2.05) is 37.3 Å². The predicted molar refractivity (Wildman–Crippen MR) is 73.4 cm³/mol. The largest absolute Gasteiger partial charge is 0.478 e. The van der Waals surface area contributed by atoms with Gasteiger partial charge in [-0.15, -0.1) is 0 Å². The van der Waals surface area contributed by atoms with Crippen LogP contribution in [0.5, 0.6) is 0 Å². The number of benzene rings is 1. The number of carboxylic acids is 1. The number of hydrogen-bond donors (Lipinski definition) is 2. The molecule has 0 fully saturated rings. The SMILES string of the molecule is CC(CS(=O)(=O)NC/C=C/C(=O)O)c1ccccc1. The van der Waals surface area contributed by atoms with E-state index in [0.717, 1.165) is 11.6 Å². The van der Waals surface area contributed by atoms with Gasteiger partial charge in [0.2, 0.25) is 10.0 Å². The average molecular weight is 283 g/mol. The van der Waals surface area contributed by atoms with Crippen LogP contribution < -0.4 is 4.72 Å². The van der Waals surface area contributed by atoms with Crippen LogP contribution in [0, 0.1) is 0 Å². The Morgan fingerprint density at radius 1 is 1.37 bits per heavy atom. The van der Waals surface area contributed by atoms with E-state index in [1.165, 1.54) is 6.08 Å². The van der Waals surface area contributed by atoms with Gasteiger partial charge in [0.15, 0.2) is 0 Å². The van der Waals surface area contributed by atoms with E-state index in [4.69, 9.17) is 5.11 Å². The first-order valence-corrected chi connectivity index (χ1v) is 7.47. The fourth-order valence-electron chi connectivity index (χ4n) is 1.60. The molecule has 104 valence electrons. The third kappa shape index (κ3) is 6.17. The molecule has 0 amide bonds. The average Bonchev–Trinajstić information content (AvgIpc) is 2.35. The van der Waals surface area contributed by atoms with Crippen LogP contribution in [0.3, 0.4) is 0 Å². The molecule has 0 heterocycles. The molecule has 1 atom stereocenters. The Hall–Kier alpha value is -1.66. The summed E-state index contributed by atoms with van der Waals surface area (Å²) in [7, 11) is -3.42. The van der Waals surface area contributed by atoms with Crippen molar-refractivity contribution in [3.63, 3.8) is 0 Å². The van der Waals surface area contributed by atoms with E-state index >= 15 is 0 Å². The van der Waals surface area contributed by atoms with Gasteiger partial charge in [-0.05, 0) is 11.5 Å². The van der Waals surface area contributed by atoms with Crippen molar-refractivity contribution in [2.45, 2.75) is 12.8 Å². The molecule has 0 bridgehead atoms. The highest BCUT2D eigenvalue weighted by molar-refractivity contribution is 7.89. The fourth-order valence-corrected chi connectivity index (χ4v) is 2.92. The van der Waals surface area contributed by atoms with E-state index in [2.05, 4.69) is 4.72 Å². The maximum absolute atomic E-state index is 11.8. The van der Waals surface area contributed by atoms with Crippen LogP contribution in [0.2, 0.25) is 0 Å². The lowest BCUT2D eigenvalue weighted by Crippen LogP contribution is -2.28. The zero-order valence-corrected chi connectivity index (χ0v) is 11.4. The van der Waals surface area contributed by atoms with Crippen molar-refractivity contribution in [3.05, 3.63) is 48.0 Å². The number of aliphatic carboxylic acids is 1. The molecule has 0 aliphatic carbocycles. The summed E-state index contributed by atoms with van der Waals surface area (Å²) in [5.74, 6) is -1.25. The summed E-state index contributed by atoms with van der Waals surface area (Å²) in [6, 6.07) is 9.36. The minimum Gasteiger partial charge on any atom is -0.478 e. The van der Waals surface area contributed by atoms with E-state index in [1.54, 1.807) is 0 Å². The molecule has 1 rings (SSSR count). The molecule has 0 radical (unpaired) electrons. The second-order valence-corrected chi connectivity index (χ2v) is 6.03. The molecule has 1 unspecified atom stereocenters. The van der Waals surface area contributed by atoms with Gasteiger partial charge in [0.1, 0.15) is 0 Å². The van der Waals surface area contributed by atoms with Crippen molar-refractivity contribution >= 4 is 16.0 Å². The van der Waals surface area contributed by atoms with E-state index in [-0.39, 0.29) is 18.2 Å². The van der Waals surface area contributed by atoms with Gasteiger partial charge >= 0.3 is 5.97 Å². The Morgan fingerprint density at radius 2 is 2.00 bits per heavy atom. The van der Waals surface area contributed by atoms with E-state index in [9.17, 15) is 13.2 Å². The van der Waals surface area contributed by atoms with Crippen molar-refractivity contribution < 1.29 is 18.3 Å². The van der Waals surface area contributed by atoms with Crippen LogP contribution >= 0.6 is 0 Å². The van der Waals surface area contributed by atoms with Gasteiger partial charge in [-0.25, -0.2) is 17.9 Å². The smallest absolute Gasteiger partial charge is 0.328 e. The first-order chi connectivity index (χ1) is 8.91. The van der Waals surface area contributed by atoms with Gasteiger partial charge in [0, 0.05) is 12.6 Å². The second-order valence-electron chi connectivity index (χ2n) is 4.18. The Kier molecular flexibility index (Phi) is 5.72. The summed E-state index contributed by atoms with van der Waals surface area (Å²) in [5.41, 5.74) is 0.953. The molecule has 1 aromatic carbocycles. The fraction of sp³-hybridized carbons (Fsp3) is 0.308. The lowest BCUT2D eigenvalue weighted by Gasteiger charge is -2.12. The molecule has 0 saturated heterocycles. The molecular formula is C13H17NO4S. The Bertz CT molecular complexity index is 537. The van der Waals surface area contributed by atoms with Crippen LogP contribution in [0.1, 0.15) is 18.4 Å². The summed E-state index contributed by atoms with van der Waals surface area (Å²) in [6.45, 7) is 1.82. The lowest BCUT2D eigenvalue weighted by atomic mass is 10.0. The van der Waals surface area contributed by atoms with Crippen molar-refractivity contribution in [2.24, 2.45) is 0 Å². The maximum atomic E-state index is 11.8. The highest BCUT2D eigenvalue weighted by Crippen LogP contribution is 2.15. The molecule has 0 aliphatic heterocycles. The Morgan fingerprint density at radius 3 is 2.58 bits per heavy atom. The van der Waals surface area contributed by atoms with Crippen LogP contribution in [0.15, 0.2) is 42.5 Å². The summed E-state index contributed by atoms with van der Waals surface area (Å²) >= 11 is 0. The molecule has 1 aromatic rings. The van der Waals surface area contributed by atoms with Crippen molar-refractivity contribution in [1.29, 1.82) is 0 Å². The van der Waals surface area contributed by atoms with E-state index < -0.39 is 16.0 Å². The minimum absolute atomic E-state index is 0.0177. The normalized spacial score (nSPS) is 13.5. The zero-order valence-electron chi connectivity index (χ0n) is 10.6. The number of hydrogen-bond acceptors (Lipinski definition) is 3. The molecular weight excluding hydrogens is 266 g/mol. The van der Waals surface area contributed by atoms with Gasteiger partial charge in [-0.3, -0.25) is 0 Å². The number of sulfonamides is 1. The van der Waals surface area contributed by atoms with Gasteiger partial charge in [0.25, 0.3) is 0 Å². The lowest BCUT2D eigenvalue weighted by molar-refractivity contribution is -0.131. The van der Waals surface area contributed by atoms with Crippen molar-refractivity contribution in [1.82, 2.24) is 4.72 Å².